The Morgan fingerprint density at radius 3 is 2.75 bits per heavy atom. The molecule has 3 atom stereocenters. The van der Waals surface area contributed by atoms with Crippen LogP contribution in [0, 0.1) is 11.8 Å². The first-order valence-corrected chi connectivity index (χ1v) is 5.04. The third-order valence-corrected chi connectivity index (χ3v) is 2.95. The Labute approximate surface area is 75.5 Å². The van der Waals surface area contributed by atoms with E-state index in [9.17, 15) is 5.11 Å². The van der Waals surface area contributed by atoms with E-state index in [1.165, 1.54) is 19.3 Å². The summed E-state index contributed by atoms with van der Waals surface area (Å²) in [5.74, 6) is 1.09. The molecule has 0 radical (unpaired) electrons. The molecular weight excluding hydrogens is 148 g/mol. The van der Waals surface area contributed by atoms with E-state index in [0.29, 0.717) is 11.8 Å². The minimum absolute atomic E-state index is 0.0406. The van der Waals surface area contributed by atoms with Gasteiger partial charge in [-0.3, -0.25) is 0 Å². The lowest BCUT2D eigenvalue weighted by molar-refractivity contribution is 0.0605. The summed E-state index contributed by atoms with van der Waals surface area (Å²) in [6.45, 7) is 5.94. The quantitative estimate of drug-likeness (QED) is 0.642. The van der Waals surface area contributed by atoms with Crippen LogP contribution in [0.5, 0.6) is 0 Å². The van der Waals surface area contributed by atoms with Gasteiger partial charge in [-0.05, 0) is 31.1 Å². The first-order chi connectivity index (χ1) is 5.74. The normalized spacial score (nSPS) is 32.8. The highest BCUT2D eigenvalue weighted by Gasteiger charge is 2.23. The average molecular weight is 168 g/mol. The second kappa shape index (κ2) is 4.66. The molecule has 3 unspecified atom stereocenters. The predicted octanol–water partition coefficient (Wildman–Crippen LogP) is 2.75. The zero-order valence-electron chi connectivity index (χ0n) is 8.00. The summed E-state index contributed by atoms with van der Waals surface area (Å²) in [5, 5.41) is 9.68. The van der Waals surface area contributed by atoms with Gasteiger partial charge < -0.3 is 5.11 Å². The van der Waals surface area contributed by atoms with Gasteiger partial charge in [0.15, 0.2) is 0 Å². The van der Waals surface area contributed by atoms with Crippen molar-refractivity contribution in [3.63, 3.8) is 0 Å². The maximum atomic E-state index is 9.68. The molecule has 1 saturated carbocycles. The molecule has 1 fully saturated rings. The van der Waals surface area contributed by atoms with Gasteiger partial charge in [0, 0.05) is 0 Å². The van der Waals surface area contributed by atoms with E-state index in [-0.39, 0.29) is 6.10 Å². The molecule has 1 aliphatic carbocycles. The van der Waals surface area contributed by atoms with Gasteiger partial charge in [-0.2, -0.15) is 0 Å². The first kappa shape index (κ1) is 9.79. The Kier molecular flexibility index (Phi) is 3.80. The molecule has 0 saturated heterocycles. The van der Waals surface area contributed by atoms with Crippen LogP contribution in [0.15, 0.2) is 12.7 Å². The summed E-state index contributed by atoms with van der Waals surface area (Å²) in [6, 6.07) is 0. The topological polar surface area (TPSA) is 20.2 Å². The molecular formula is C11H20O. The van der Waals surface area contributed by atoms with Crippen molar-refractivity contribution in [3.05, 3.63) is 12.7 Å². The minimum atomic E-state index is -0.0406. The van der Waals surface area contributed by atoms with E-state index in [0.717, 1.165) is 12.8 Å². The Balaban J connectivity index is 2.33. The lowest BCUT2D eigenvalue weighted by atomic mass is 9.81. The van der Waals surface area contributed by atoms with Crippen LogP contribution < -0.4 is 0 Å². The summed E-state index contributed by atoms with van der Waals surface area (Å²) in [4.78, 5) is 0. The van der Waals surface area contributed by atoms with Crippen molar-refractivity contribution in [2.24, 2.45) is 11.8 Å². The highest BCUT2D eigenvalue weighted by atomic mass is 16.3. The number of aliphatic hydroxyl groups excluding tert-OH is 1. The van der Waals surface area contributed by atoms with Gasteiger partial charge >= 0.3 is 0 Å². The summed E-state index contributed by atoms with van der Waals surface area (Å²) in [5.41, 5.74) is 0. The van der Waals surface area contributed by atoms with Gasteiger partial charge in [0.2, 0.25) is 0 Å². The maximum absolute atomic E-state index is 9.68. The van der Waals surface area contributed by atoms with Crippen molar-refractivity contribution >= 4 is 0 Å². The Morgan fingerprint density at radius 2 is 2.17 bits per heavy atom. The SMILES string of the molecule is C=CC(C)CC1CCCCC1O. The zero-order valence-corrected chi connectivity index (χ0v) is 8.00. The summed E-state index contributed by atoms with van der Waals surface area (Å²) < 4.78 is 0. The van der Waals surface area contributed by atoms with E-state index in [2.05, 4.69) is 13.5 Å². The van der Waals surface area contributed by atoms with Crippen molar-refractivity contribution in [1.82, 2.24) is 0 Å². The highest BCUT2D eigenvalue weighted by Crippen LogP contribution is 2.29. The van der Waals surface area contributed by atoms with Crippen LogP contribution in [0.4, 0.5) is 0 Å². The fourth-order valence-electron chi connectivity index (χ4n) is 2.04. The van der Waals surface area contributed by atoms with Gasteiger partial charge in [-0.15, -0.1) is 6.58 Å². The summed E-state index contributed by atoms with van der Waals surface area (Å²) in [6.07, 6.45) is 7.78. The number of allylic oxidation sites excluding steroid dienone is 1. The van der Waals surface area contributed by atoms with E-state index < -0.39 is 0 Å². The number of aliphatic hydroxyl groups is 1. The first-order valence-electron chi connectivity index (χ1n) is 5.04. The Hall–Kier alpha value is -0.300. The second-order valence-corrected chi connectivity index (χ2v) is 4.06. The molecule has 70 valence electrons. The van der Waals surface area contributed by atoms with Crippen molar-refractivity contribution < 1.29 is 5.11 Å². The molecule has 0 spiro atoms. The molecule has 12 heavy (non-hydrogen) atoms. The molecule has 0 bridgehead atoms. The molecule has 0 heterocycles. The molecule has 0 amide bonds. The van der Waals surface area contributed by atoms with Crippen molar-refractivity contribution in [2.75, 3.05) is 0 Å². The van der Waals surface area contributed by atoms with Crippen LogP contribution in [0.2, 0.25) is 0 Å². The summed E-state index contributed by atoms with van der Waals surface area (Å²) >= 11 is 0. The van der Waals surface area contributed by atoms with E-state index in [1.54, 1.807) is 0 Å². The minimum Gasteiger partial charge on any atom is -0.393 e. The van der Waals surface area contributed by atoms with E-state index >= 15 is 0 Å². The summed E-state index contributed by atoms with van der Waals surface area (Å²) in [7, 11) is 0. The van der Waals surface area contributed by atoms with Crippen LogP contribution in [-0.2, 0) is 0 Å². The fraction of sp³-hybridized carbons (Fsp3) is 0.818. The lowest BCUT2D eigenvalue weighted by Gasteiger charge is -2.28. The molecule has 0 aromatic carbocycles. The van der Waals surface area contributed by atoms with Gasteiger partial charge in [-0.1, -0.05) is 25.8 Å². The van der Waals surface area contributed by atoms with Crippen LogP contribution in [0.25, 0.3) is 0 Å². The predicted molar refractivity (Wildman–Crippen MR) is 51.9 cm³/mol. The van der Waals surface area contributed by atoms with Gasteiger partial charge in [0.1, 0.15) is 0 Å². The molecule has 0 aromatic rings. The zero-order chi connectivity index (χ0) is 8.97. The third kappa shape index (κ3) is 2.63. The molecule has 1 rings (SSSR count). The van der Waals surface area contributed by atoms with E-state index in [4.69, 9.17) is 0 Å². The van der Waals surface area contributed by atoms with E-state index in [1.807, 2.05) is 6.08 Å². The molecule has 1 aliphatic rings. The average Bonchev–Trinajstić information content (AvgIpc) is 2.09. The smallest absolute Gasteiger partial charge is 0.0568 e. The van der Waals surface area contributed by atoms with Crippen molar-refractivity contribution in [1.29, 1.82) is 0 Å². The molecule has 0 aliphatic heterocycles. The largest absolute Gasteiger partial charge is 0.393 e. The van der Waals surface area contributed by atoms with Gasteiger partial charge in [-0.25, -0.2) is 0 Å². The van der Waals surface area contributed by atoms with Gasteiger partial charge in [0.05, 0.1) is 6.10 Å². The third-order valence-electron chi connectivity index (χ3n) is 2.95. The fourth-order valence-corrected chi connectivity index (χ4v) is 2.04. The Morgan fingerprint density at radius 1 is 1.50 bits per heavy atom. The van der Waals surface area contributed by atoms with Crippen LogP contribution in [0.3, 0.4) is 0 Å². The number of hydrogen-bond acceptors (Lipinski definition) is 1. The Bertz CT molecular complexity index is 142. The molecule has 1 heteroatoms. The van der Waals surface area contributed by atoms with Crippen LogP contribution in [-0.4, -0.2) is 11.2 Å². The number of hydrogen-bond donors (Lipinski definition) is 1. The lowest BCUT2D eigenvalue weighted by Crippen LogP contribution is -2.25. The van der Waals surface area contributed by atoms with Crippen LogP contribution >= 0.6 is 0 Å². The molecule has 1 nitrogen and oxygen atoms in total. The molecule has 1 N–H and O–H groups in total. The van der Waals surface area contributed by atoms with Gasteiger partial charge in [0.25, 0.3) is 0 Å². The monoisotopic (exact) mass is 168 g/mol. The molecule has 0 aromatic heterocycles. The maximum Gasteiger partial charge on any atom is 0.0568 e. The standard InChI is InChI=1S/C11H20O/c1-3-9(2)8-10-6-4-5-7-11(10)12/h3,9-12H,1,4-8H2,2H3. The van der Waals surface area contributed by atoms with Crippen LogP contribution in [0.1, 0.15) is 39.0 Å². The van der Waals surface area contributed by atoms with Crippen molar-refractivity contribution in [3.8, 4) is 0 Å². The highest BCUT2D eigenvalue weighted by molar-refractivity contribution is 4.82. The number of rotatable bonds is 3. The van der Waals surface area contributed by atoms with Crippen molar-refractivity contribution in [2.45, 2.75) is 45.1 Å². The second-order valence-electron chi connectivity index (χ2n) is 4.06.